The molecule has 168 valence electrons. The van der Waals surface area contributed by atoms with Crippen LogP contribution in [0.2, 0.25) is 0 Å². The Morgan fingerprint density at radius 2 is 1.38 bits per heavy atom. The van der Waals surface area contributed by atoms with Crippen LogP contribution in [0, 0.1) is 0 Å². The zero-order chi connectivity index (χ0) is 21.0. The monoisotopic (exact) mass is 407 g/mol. The van der Waals surface area contributed by atoms with E-state index in [-0.39, 0.29) is 11.9 Å². The van der Waals surface area contributed by atoms with Crippen molar-refractivity contribution < 1.29 is 14.3 Å². The van der Waals surface area contributed by atoms with E-state index in [0.29, 0.717) is 19.4 Å². The van der Waals surface area contributed by atoms with Gasteiger partial charge in [-0.25, -0.2) is 4.79 Å². The van der Waals surface area contributed by atoms with E-state index in [1.54, 1.807) is 0 Å². The van der Waals surface area contributed by atoms with Crippen molar-refractivity contribution in [3.05, 3.63) is 12.2 Å². The van der Waals surface area contributed by atoms with Gasteiger partial charge in [-0.15, -0.1) is 0 Å². The minimum atomic E-state index is -0.407. The van der Waals surface area contributed by atoms with Crippen LogP contribution in [-0.4, -0.2) is 24.5 Å². The van der Waals surface area contributed by atoms with Crippen molar-refractivity contribution in [1.82, 2.24) is 5.32 Å². The Balaban J connectivity index is 1.72. The first-order valence-corrected chi connectivity index (χ1v) is 12.3. The van der Waals surface area contributed by atoms with Crippen LogP contribution in [0.15, 0.2) is 12.2 Å². The number of unbranched alkanes of at least 4 members (excludes halogenated alkanes) is 14. The van der Waals surface area contributed by atoms with Gasteiger partial charge in [-0.2, -0.15) is 0 Å². The Morgan fingerprint density at radius 3 is 1.90 bits per heavy atom. The molecule has 0 aromatic rings. The molecule has 0 spiro atoms. The largest absolute Gasteiger partial charge is 0.464 e. The summed E-state index contributed by atoms with van der Waals surface area (Å²) in [5.74, 6) is -0.308. The molecule has 0 saturated carbocycles. The lowest BCUT2D eigenvalue weighted by molar-refractivity contribution is -0.146. The third-order valence-corrected chi connectivity index (χ3v) is 5.66. The van der Waals surface area contributed by atoms with Crippen molar-refractivity contribution >= 4 is 11.9 Å². The van der Waals surface area contributed by atoms with E-state index in [4.69, 9.17) is 4.74 Å². The maximum atomic E-state index is 11.7. The first-order chi connectivity index (χ1) is 14.2. The summed E-state index contributed by atoms with van der Waals surface area (Å²) in [4.78, 5) is 22.8. The zero-order valence-corrected chi connectivity index (χ0v) is 18.9. The van der Waals surface area contributed by atoms with Crippen LogP contribution >= 0.6 is 0 Å². The number of carbonyl (C=O) groups is 2. The van der Waals surface area contributed by atoms with Gasteiger partial charge >= 0.3 is 5.97 Å². The third-order valence-electron chi connectivity index (χ3n) is 5.66. The van der Waals surface area contributed by atoms with Crippen LogP contribution in [0.4, 0.5) is 0 Å². The predicted octanol–water partition coefficient (Wildman–Crippen LogP) is 6.63. The van der Waals surface area contributed by atoms with Gasteiger partial charge in [-0.05, 0) is 32.1 Å². The smallest absolute Gasteiger partial charge is 0.328 e. The molecule has 1 rings (SSSR count). The van der Waals surface area contributed by atoms with Crippen LogP contribution in [0.3, 0.4) is 0 Å². The molecule has 0 aromatic heterocycles. The molecule has 1 heterocycles. The maximum absolute atomic E-state index is 11.7. The second-order valence-electron chi connectivity index (χ2n) is 8.47. The van der Waals surface area contributed by atoms with Crippen molar-refractivity contribution in [2.75, 3.05) is 6.61 Å². The molecular formula is C25H45NO3. The van der Waals surface area contributed by atoms with E-state index in [0.717, 1.165) is 12.8 Å². The van der Waals surface area contributed by atoms with Crippen molar-refractivity contribution in [3.63, 3.8) is 0 Å². The lowest BCUT2D eigenvalue weighted by Gasteiger charge is -2.09. The molecule has 4 heteroatoms. The molecule has 1 saturated heterocycles. The standard InChI is InChI=1S/C25H45NO3/c1-2-3-4-5-6-7-8-9-10-11-12-13-14-15-16-17-18-19-22-29-25(28)23-20-21-24(27)26-23/h4-5,23H,2-3,6-22H2,1H3,(H,26,27)/b5-4+/t23-/m0/s1. The molecular weight excluding hydrogens is 362 g/mol. The second kappa shape index (κ2) is 18.7. The van der Waals surface area contributed by atoms with E-state index in [2.05, 4.69) is 24.4 Å². The van der Waals surface area contributed by atoms with Crippen molar-refractivity contribution in [3.8, 4) is 0 Å². The Bertz CT molecular complexity index is 447. The normalized spacial score (nSPS) is 16.4. The van der Waals surface area contributed by atoms with Gasteiger partial charge in [0.25, 0.3) is 0 Å². The molecule has 1 fully saturated rings. The van der Waals surface area contributed by atoms with Gasteiger partial charge in [0, 0.05) is 6.42 Å². The van der Waals surface area contributed by atoms with E-state index < -0.39 is 6.04 Å². The van der Waals surface area contributed by atoms with Gasteiger partial charge in [0.2, 0.25) is 5.91 Å². The molecule has 1 amide bonds. The van der Waals surface area contributed by atoms with Gasteiger partial charge in [0.05, 0.1) is 6.61 Å². The molecule has 0 radical (unpaired) electrons. The van der Waals surface area contributed by atoms with Gasteiger partial charge in [-0.1, -0.05) is 96.1 Å². The van der Waals surface area contributed by atoms with Crippen LogP contribution < -0.4 is 5.32 Å². The summed E-state index contributed by atoms with van der Waals surface area (Å²) in [5.41, 5.74) is 0. The topological polar surface area (TPSA) is 55.4 Å². The fraction of sp³-hybridized carbons (Fsp3) is 0.840. The Labute approximate surface area is 179 Å². The summed E-state index contributed by atoms with van der Waals surface area (Å²) >= 11 is 0. The minimum Gasteiger partial charge on any atom is -0.464 e. The first-order valence-electron chi connectivity index (χ1n) is 12.3. The van der Waals surface area contributed by atoms with Gasteiger partial charge in [-0.3, -0.25) is 4.79 Å². The highest BCUT2D eigenvalue weighted by molar-refractivity contribution is 5.87. The fourth-order valence-electron chi connectivity index (χ4n) is 3.78. The van der Waals surface area contributed by atoms with Crippen LogP contribution in [0.5, 0.6) is 0 Å². The number of esters is 1. The summed E-state index contributed by atoms with van der Waals surface area (Å²) < 4.78 is 5.25. The van der Waals surface area contributed by atoms with Gasteiger partial charge < -0.3 is 10.1 Å². The quantitative estimate of drug-likeness (QED) is 0.149. The van der Waals surface area contributed by atoms with Gasteiger partial charge in [0.15, 0.2) is 0 Å². The molecule has 1 aliphatic rings. The molecule has 4 nitrogen and oxygen atoms in total. The summed E-state index contributed by atoms with van der Waals surface area (Å²) in [5, 5.41) is 2.65. The number of rotatable bonds is 19. The first kappa shape index (κ1) is 25.7. The summed E-state index contributed by atoms with van der Waals surface area (Å²) in [6.45, 7) is 2.72. The summed E-state index contributed by atoms with van der Waals surface area (Å²) in [7, 11) is 0. The molecule has 1 atom stereocenters. The van der Waals surface area contributed by atoms with E-state index in [1.165, 1.54) is 89.9 Å². The lowest BCUT2D eigenvalue weighted by atomic mass is 10.0. The third kappa shape index (κ3) is 15.2. The highest BCUT2D eigenvalue weighted by Gasteiger charge is 2.28. The number of allylic oxidation sites excluding steroid dienone is 2. The average molecular weight is 408 g/mol. The summed E-state index contributed by atoms with van der Waals surface area (Å²) in [6, 6.07) is -0.407. The average Bonchev–Trinajstić information content (AvgIpc) is 3.16. The predicted molar refractivity (Wildman–Crippen MR) is 121 cm³/mol. The molecule has 0 aromatic carbocycles. The number of hydrogen-bond acceptors (Lipinski definition) is 3. The number of nitrogens with one attached hydrogen (secondary N) is 1. The van der Waals surface area contributed by atoms with E-state index >= 15 is 0 Å². The number of amides is 1. The van der Waals surface area contributed by atoms with Crippen molar-refractivity contribution in [1.29, 1.82) is 0 Å². The number of hydrogen-bond donors (Lipinski definition) is 1. The zero-order valence-electron chi connectivity index (χ0n) is 18.9. The Kier molecular flexibility index (Phi) is 16.6. The van der Waals surface area contributed by atoms with E-state index in [9.17, 15) is 9.59 Å². The Hall–Kier alpha value is -1.32. The van der Waals surface area contributed by atoms with Crippen LogP contribution in [0.25, 0.3) is 0 Å². The highest BCUT2D eigenvalue weighted by Crippen LogP contribution is 2.13. The minimum absolute atomic E-state index is 0.0437. The lowest BCUT2D eigenvalue weighted by Crippen LogP contribution is -2.34. The van der Waals surface area contributed by atoms with Crippen molar-refractivity contribution in [2.24, 2.45) is 0 Å². The molecule has 0 bridgehead atoms. The van der Waals surface area contributed by atoms with Crippen LogP contribution in [0.1, 0.15) is 122 Å². The maximum Gasteiger partial charge on any atom is 0.328 e. The summed E-state index contributed by atoms with van der Waals surface area (Å²) in [6.07, 6.45) is 26.5. The number of ether oxygens (including phenoxy) is 1. The SMILES string of the molecule is CCC/C=C/CCCCCCCCCCCCCCCOC(=O)[C@@H]1CCC(=O)N1. The molecule has 1 aliphatic heterocycles. The highest BCUT2D eigenvalue weighted by atomic mass is 16.5. The van der Waals surface area contributed by atoms with Crippen molar-refractivity contribution in [2.45, 2.75) is 129 Å². The number of carbonyl (C=O) groups excluding carboxylic acids is 2. The molecule has 0 aliphatic carbocycles. The second-order valence-corrected chi connectivity index (χ2v) is 8.47. The van der Waals surface area contributed by atoms with Gasteiger partial charge in [0.1, 0.15) is 6.04 Å². The molecule has 1 N–H and O–H groups in total. The molecule has 0 unspecified atom stereocenters. The molecule has 29 heavy (non-hydrogen) atoms. The van der Waals surface area contributed by atoms with Crippen LogP contribution in [-0.2, 0) is 14.3 Å². The fourth-order valence-corrected chi connectivity index (χ4v) is 3.78. The van der Waals surface area contributed by atoms with E-state index in [1.807, 2.05) is 0 Å². The Morgan fingerprint density at radius 1 is 0.862 bits per heavy atom.